The quantitative estimate of drug-likeness (QED) is 0.772. The van der Waals surface area contributed by atoms with Crippen LogP contribution in [0.15, 0.2) is 18.2 Å². The van der Waals surface area contributed by atoms with Gasteiger partial charge in [0, 0.05) is 13.1 Å². The molecule has 0 aliphatic heterocycles. The Hall–Kier alpha value is -1.98. The average Bonchev–Trinajstić information content (AvgIpc) is 2.46. The van der Waals surface area contributed by atoms with Gasteiger partial charge in [0.25, 0.3) is 0 Å². The second kappa shape index (κ2) is 3.30. The van der Waals surface area contributed by atoms with Crippen molar-refractivity contribution in [2.24, 2.45) is 7.05 Å². The van der Waals surface area contributed by atoms with Crippen LogP contribution in [0.5, 0.6) is 0 Å². The molecule has 1 heterocycles. The van der Waals surface area contributed by atoms with Gasteiger partial charge in [0.1, 0.15) is 11.6 Å². The van der Waals surface area contributed by atoms with E-state index in [1.807, 2.05) is 0 Å². The highest BCUT2D eigenvalue weighted by molar-refractivity contribution is 5.56. The number of aryl methyl sites for hydroxylation is 1. The second-order valence-corrected chi connectivity index (χ2v) is 3.04. The van der Waals surface area contributed by atoms with Crippen LogP contribution >= 0.6 is 0 Å². The molecule has 0 unspecified atom stereocenters. The fourth-order valence-corrected chi connectivity index (χ4v) is 1.18. The van der Waals surface area contributed by atoms with Crippen LogP contribution in [0.1, 0.15) is 0 Å². The highest BCUT2D eigenvalue weighted by Crippen LogP contribution is 2.20. The largest absolute Gasteiger partial charge is 0.368 e. The molecule has 15 heavy (non-hydrogen) atoms. The molecular weight excluding hydrogens is 202 g/mol. The molecule has 0 saturated carbocycles. The summed E-state index contributed by atoms with van der Waals surface area (Å²) in [6.45, 7) is 0. The number of hydrogen-bond acceptors (Lipinski definition) is 3. The summed E-state index contributed by atoms with van der Waals surface area (Å²) < 4.78 is 27.3. The Labute approximate surface area is 84.4 Å². The first-order valence-electron chi connectivity index (χ1n) is 4.20. The number of anilines is 1. The summed E-state index contributed by atoms with van der Waals surface area (Å²) in [7, 11) is 1.59. The maximum Gasteiger partial charge on any atom is 0.218 e. The number of nitrogens with zero attached hydrogens (tertiary/aromatic N) is 3. The van der Waals surface area contributed by atoms with E-state index in [0.29, 0.717) is 0 Å². The fourth-order valence-electron chi connectivity index (χ4n) is 1.18. The van der Waals surface area contributed by atoms with Crippen molar-refractivity contribution in [3.8, 4) is 11.4 Å². The van der Waals surface area contributed by atoms with E-state index in [4.69, 9.17) is 5.73 Å². The zero-order valence-corrected chi connectivity index (χ0v) is 7.91. The Balaban J connectivity index is 2.54. The molecule has 0 bridgehead atoms. The molecule has 78 valence electrons. The van der Waals surface area contributed by atoms with Crippen molar-refractivity contribution in [1.29, 1.82) is 0 Å². The van der Waals surface area contributed by atoms with E-state index in [2.05, 4.69) is 10.1 Å². The Bertz CT molecular complexity index is 487. The van der Waals surface area contributed by atoms with E-state index in [1.165, 1.54) is 10.7 Å². The van der Waals surface area contributed by atoms with E-state index in [1.54, 1.807) is 7.05 Å². The molecule has 0 saturated heterocycles. The van der Waals surface area contributed by atoms with Crippen LogP contribution in [0.4, 0.5) is 14.7 Å². The zero-order chi connectivity index (χ0) is 11.0. The van der Waals surface area contributed by atoms with Crippen LogP contribution in [-0.4, -0.2) is 14.8 Å². The maximum atomic E-state index is 13.3. The third-order valence-electron chi connectivity index (χ3n) is 1.97. The molecule has 0 fully saturated rings. The van der Waals surface area contributed by atoms with Gasteiger partial charge in [0.15, 0.2) is 5.82 Å². The van der Waals surface area contributed by atoms with Crippen molar-refractivity contribution in [1.82, 2.24) is 14.8 Å². The number of nitrogen functional groups attached to an aromatic ring is 1. The van der Waals surface area contributed by atoms with Crippen LogP contribution in [0.25, 0.3) is 11.4 Å². The topological polar surface area (TPSA) is 56.7 Å². The van der Waals surface area contributed by atoms with Crippen molar-refractivity contribution in [2.75, 3.05) is 5.73 Å². The molecule has 0 amide bonds. The molecule has 2 aromatic rings. The van der Waals surface area contributed by atoms with Gasteiger partial charge >= 0.3 is 0 Å². The molecule has 1 aromatic carbocycles. The number of benzene rings is 1. The first-order valence-corrected chi connectivity index (χ1v) is 4.20. The molecule has 0 aliphatic carbocycles. The second-order valence-electron chi connectivity index (χ2n) is 3.04. The SMILES string of the molecule is Cn1nc(-c2ccc(F)cc2F)nc1N. The summed E-state index contributed by atoms with van der Waals surface area (Å²) in [6.07, 6.45) is 0. The maximum absolute atomic E-state index is 13.3. The summed E-state index contributed by atoms with van der Waals surface area (Å²) in [5, 5.41) is 3.89. The number of nitrogens with two attached hydrogens (primary N) is 1. The van der Waals surface area contributed by atoms with Crippen LogP contribution in [0.3, 0.4) is 0 Å². The summed E-state index contributed by atoms with van der Waals surface area (Å²) in [6, 6.07) is 3.20. The van der Waals surface area contributed by atoms with Gasteiger partial charge in [-0.05, 0) is 12.1 Å². The summed E-state index contributed by atoms with van der Waals surface area (Å²) >= 11 is 0. The van der Waals surface area contributed by atoms with Gasteiger partial charge in [-0.2, -0.15) is 4.98 Å². The molecule has 0 spiro atoms. The first-order chi connectivity index (χ1) is 7.08. The molecule has 0 atom stereocenters. The van der Waals surface area contributed by atoms with Crippen molar-refractivity contribution in [2.45, 2.75) is 0 Å². The third kappa shape index (κ3) is 1.65. The van der Waals surface area contributed by atoms with Gasteiger partial charge in [0.05, 0.1) is 5.56 Å². The van der Waals surface area contributed by atoms with Crippen LogP contribution in [-0.2, 0) is 7.05 Å². The van der Waals surface area contributed by atoms with Crippen molar-refractivity contribution < 1.29 is 8.78 Å². The number of rotatable bonds is 1. The number of halogens is 2. The molecule has 2 N–H and O–H groups in total. The summed E-state index contributed by atoms with van der Waals surface area (Å²) in [5.41, 5.74) is 5.58. The molecule has 1 aromatic heterocycles. The summed E-state index contributed by atoms with van der Waals surface area (Å²) in [4.78, 5) is 3.84. The minimum Gasteiger partial charge on any atom is -0.368 e. The van der Waals surface area contributed by atoms with E-state index in [9.17, 15) is 8.78 Å². The van der Waals surface area contributed by atoms with Gasteiger partial charge in [-0.1, -0.05) is 0 Å². The average molecular weight is 210 g/mol. The van der Waals surface area contributed by atoms with Gasteiger partial charge in [-0.15, -0.1) is 5.10 Å². The Morgan fingerprint density at radius 1 is 1.33 bits per heavy atom. The minimum absolute atomic E-state index is 0.128. The minimum atomic E-state index is -0.708. The highest BCUT2D eigenvalue weighted by Gasteiger charge is 2.11. The van der Waals surface area contributed by atoms with Crippen LogP contribution < -0.4 is 5.73 Å². The lowest BCUT2D eigenvalue weighted by atomic mass is 10.2. The number of hydrogen-bond donors (Lipinski definition) is 1. The fraction of sp³-hybridized carbons (Fsp3) is 0.111. The molecule has 0 aliphatic rings. The summed E-state index contributed by atoms with van der Waals surface area (Å²) in [5.74, 6) is -1.03. The van der Waals surface area contributed by atoms with E-state index in [-0.39, 0.29) is 17.3 Å². The Morgan fingerprint density at radius 2 is 2.07 bits per heavy atom. The van der Waals surface area contributed by atoms with Crippen molar-refractivity contribution >= 4 is 5.95 Å². The Kier molecular flexibility index (Phi) is 2.11. The lowest BCUT2D eigenvalue weighted by Gasteiger charge is -1.97. The lowest BCUT2D eigenvalue weighted by Crippen LogP contribution is -1.97. The molecule has 2 rings (SSSR count). The van der Waals surface area contributed by atoms with Crippen LogP contribution in [0, 0.1) is 11.6 Å². The van der Waals surface area contributed by atoms with Crippen molar-refractivity contribution in [3.63, 3.8) is 0 Å². The first kappa shape index (κ1) is 9.57. The normalized spacial score (nSPS) is 10.6. The molecule has 4 nitrogen and oxygen atoms in total. The van der Waals surface area contributed by atoms with Crippen LogP contribution in [0.2, 0.25) is 0 Å². The highest BCUT2D eigenvalue weighted by atomic mass is 19.1. The molecule has 0 radical (unpaired) electrons. The Morgan fingerprint density at radius 3 is 2.60 bits per heavy atom. The zero-order valence-electron chi connectivity index (χ0n) is 7.91. The molecular formula is C9H8F2N4. The molecule has 6 heteroatoms. The van der Waals surface area contributed by atoms with Gasteiger partial charge in [0.2, 0.25) is 5.95 Å². The monoisotopic (exact) mass is 210 g/mol. The lowest BCUT2D eigenvalue weighted by molar-refractivity contribution is 0.584. The predicted octanol–water partition coefficient (Wildman–Crippen LogP) is 1.34. The van der Waals surface area contributed by atoms with Gasteiger partial charge in [-0.3, -0.25) is 0 Å². The van der Waals surface area contributed by atoms with Gasteiger partial charge in [-0.25, -0.2) is 13.5 Å². The third-order valence-corrected chi connectivity index (χ3v) is 1.97. The standard InChI is InChI=1S/C9H8F2N4/c1-15-9(12)13-8(14-15)6-3-2-5(10)4-7(6)11/h2-4H,1H3,(H2,12,13,14). The van der Waals surface area contributed by atoms with Gasteiger partial charge < -0.3 is 5.73 Å². The predicted molar refractivity (Wildman–Crippen MR) is 50.8 cm³/mol. The van der Waals surface area contributed by atoms with E-state index >= 15 is 0 Å². The smallest absolute Gasteiger partial charge is 0.218 e. The van der Waals surface area contributed by atoms with E-state index in [0.717, 1.165) is 12.1 Å². The van der Waals surface area contributed by atoms with E-state index < -0.39 is 11.6 Å². The number of aromatic nitrogens is 3. The van der Waals surface area contributed by atoms with Crippen molar-refractivity contribution in [3.05, 3.63) is 29.8 Å².